The summed E-state index contributed by atoms with van der Waals surface area (Å²) in [5, 5.41) is 16.7. The Morgan fingerprint density at radius 3 is 2.68 bits per heavy atom. The van der Waals surface area contributed by atoms with Gasteiger partial charge in [0.15, 0.2) is 0 Å². The largest absolute Gasteiger partial charge is 0.393 e. The lowest BCUT2D eigenvalue weighted by molar-refractivity contribution is 0.0866. The average Bonchev–Trinajstić information content (AvgIpc) is 3.03. The van der Waals surface area contributed by atoms with Crippen LogP contribution in [0.4, 0.5) is 0 Å². The Morgan fingerprint density at radius 1 is 1.27 bits per heavy atom. The van der Waals surface area contributed by atoms with Crippen molar-refractivity contribution in [3.05, 3.63) is 40.2 Å². The molecule has 1 saturated carbocycles. The van der Waals surface area contributed by atoms with Gasteiger partial charge in [-0.3, -0.25) is 9.78 Å². The van der Waals surface area contributed by atoms with Crippen molar-refractivity contribution < 1.29 is 9.90 Å². The fourth-order valence-corrected chi connectivity index (χ4v) is 3.50. The molecule has 0 spiro atoms. The Bertz CT molecular complexity index is 647. The Kier molecular flexibility index (Phi) is 4.55. The van der Waals surface area contributed by atoms with Crippen LogP contribution in [0.15, 0.2) is 29.0 Å². The molecule has 0 aliphatic heterocycles. The summed E-state index contributed by atoms with van der Waals surface area (Å²) in [4.78, 5) is 16.9. The zero-order valence-electron chi connectivity index (χ0n) is 12.6. The molecule has 2 aromatic heterocycles. The summed E-state index contributed by atoms with van der Waals surface area (Å²) < 4.78 is 0. The molecule has 1 fully saturated rings. The first-order valence-electron chi connectivity index (χ1n) is 7.62. The summed E-state index contributed by atoms with van der Waals surface area (Å²) in [6, 6.07) is 5.93. The highest BCUT2D eigenvalue weighted by Gasteiger charge is 2.22. The van der Waals surface area contributed by atoms with Crippen LogP contribution in [0.2, 0.25) is 0 Å². The molecule has 0 aromatic carbocycles. The van der Waals surface area contributed by atoms with Gasteiger partial charge in [0.25, 0.3) is 5.91 Å². The zero-order valence-corrected chi connectivity index (χ0v) is 13.4. The van der Waals surface area contributed by atoms with E-state index >= 15 is 0 Å². The van der Waals surface area contributed by atoms with Crippen molar-refractivity contribution in [3.63, 3.8) is 0 Å². The summed E-state index contributed by atoms with van der Waals surface area (Å²) in [6.45, 7) is 1.87. The van der Waals surface area contributed by atoms with Crippen molar-refractivity contribution in [2.24, 2.45) is 0 Å². The summed E-state index contributed by atoms with van der Waals surface area (Å²) >= 11 is 1.63. The monoisotopic (exact) mass is 316 g/mol. The van der Waals surface area contributed by atoms with Gasteiger partial charge in [0.1, 0.15) is 0 Å². The molecule has 0 saturated heterocycles. The van der Waals surface area contributed by atoms with Crippen LogP contribution in [0.3, 0.4) is 0 Å². The number of aliphatic hydroxyl groups is 1. The second kappa shape index (κ2) is 6.58. The minimum atomic E-state index is -0.207. The molecule has 3 rings (SSSR count). The number of hydrogen-bond donors (Lipinski definition) is 2. The number of thiophene rings is 1. The van der Waals surface area contributed by atoms with E-state index in [4.69, 9.17) is 0 Å². The third-order valence-corrected chi connectivity index (χ3v) is 4.86. The molecule has 0 atom stereocenters. The molecule has 5 heteroatoms. The number of nitrogens with zero attached hydrogens (tertiary/aromatic N) is 1. The lowest BCUT2D eigenvalue weighted by atomic mass is 9.93. The Hall–Kier alpha value is -1.72. The standard InChI is InChI=1S/C17H20N2O2S/c1-11-15(6-7-16(18-11)12-8-9-22-10-12)17(21)19-13-2-4-14(20)5-3-13/h6-10,13-14,20H,2-5H2,1H3,(H,19,21). The molecule has 2 N–H and O–H groups in total. The quantitative estimate of drug-likeness (QED) is 0.914. The van der Waals surface area contributed by atoms with Crippen LogP contribution >= 0.6 is 11.3 Å². The van der Waals surface area contributed by atoms with Gasteiger partial charge in [-0.15, -0.1) is 0 Å². The first-order chi connectivity index (χ1) is 10.6. The van der Waals surface area contributed by atoms with Gasteiger partial charge < -0.3 is 10.4 Å². The molecule has 0 unspecified atom stereocenters. The Morgan fingerprint density at radius 2 is 2.05 bits per heavy atom. The zero-order chi connectivity index (χ0) is 15.5. The fraction of sp³-hybridized carbons (Fsp3) is 0.412. The molecular formula is C17H20N2O2S. The second-order valence-corrected chi connectivity index (χ2v) is 6.60. The smallest absolute Gasteiger partial charge is 0.253 e. The number of aromatic nitrogens is 1. The molecule has 0 bridgehead atoms. The predicted octanol–water partition coefficient (Wildman–Crippen LogP) is 3.15. The third kappa shape index (κ3) is 3.36. The first kappa shape index (κ1) is 15.2. The lowest BCUT2D eigenvalue weighted by Crippen LogP contribution is -2.38. The van der Waals surface area contributed by atoms with Crippen molar-refractivity contribution in [1.82, 2.24) is 10.3 Å². The van der Waals surface area contributed by atoms with Gasteiger partial charge in [-0.2, -0.15) is 11.3 Å². The first-order valence-corrected chi connectivity index (χ1v) is 8.57. The number of rotatable bonds is 3. The molecule has 22 heavy (non-hydrogen) atoms. The van der Waals surface area contributed by atoms with Gasteiger partial charge in [0.05, 0.1) is 23.1 Å². The highest BCUT2D eigenvalue weighted by atomic mass is 32.1. The van der Waals surface area contributed by atoms with E-state index in [1.807, 2.05) is 30.5 Å². The summed E-state index contributed by atoms with van der Waals surface area (Å²) in [5.74, 6) is -0.0664. The van der Waals surface area contributed by atoms with Crippen LogP contribution in [0, 0.1) is 6.92 Å². The summed E-state index contributed by atoms with van der Waals surface area (Å²) in [5.41, 5.74) is 3.36. The Labute approximate surface area is 134 Å². The number of carbonyl (C=O) groups is 1. The number of nitrogens with one attached hydrogen (secondary N) is 1. The van der Waals surface area contributed by atoms with Crippen molar-refractivity contribution >= 4 is 17.2 Å². The summed E-state index contributed by atoms with van der Waals surface area (Å²) in [7, 11) is 0. The molecular weight excluding hydrogens is 296 g/mol. The lowest BCUT2D eigenvalue weighted by Gasteiger charge is -2.26. The van der Waals surface area contributed by atoms with E-state index in [-0.39, 0.29) is 18.1 Å². The average molecular weight is 316 g/mol. The minimum Gasteiger partial charge on any atom is -0.393 e. The van der Waals surface area contributed by atoms with Gasteiger partial charge >= 0.3 is 0 Å². The predicted molar refractivity (Wildman–Crippen MR) is 88.0 cm³/mol. The molecule has 0 radical (unpaired) electrons. The number of aliphatic hydroxyl groups excluding tert-OH is 1. The van der Waals surface area contributed by atoms with Crippen molar-refractivity contribution in [2.75, 3.05) is 0 Å². The van der Waals surface area contributed by atoms with Crippen LogP contribution in [-0.2, 0) is 0 Å². The SMILES string of the molecule is Cc1nc(-c2ccsc2)ccc1C(=O)NC1CCC(O)CC1. The van der Waals surface area contributed by atoms with Crippen molar-refractivity contribution in [1.29, 1.82) is 0 Å². The van der Waals surface area contributed by atoms with E-state index in [0.717, 1.165) is 42.6 Å². The molecule has 2 aromatic rings. The molecule has 4 nitrogen and oxygen atoms in total. The van der Waals surface area contributed by atoms with Gasteiger partial charge in [-0.05, 0) is 56.2 Å². The van der Waals surface area contributed by atoms with E-state index in [1.165, 1.54) is 0 Å². The summed E-state index contributed by atoms with van der Waals surface area (Å²) in [6.07, 6.45) is 3.00. The van der Waals surface area contributed by atoms with Gasteiger partial charge in [0.2, 0.25) is 0 Å². The number of carbonyl (C=O) groups excluding carboxylic acids is 1. The van der Waals surface area contributed by atoms with E-state index in [1.54, 1.807) is 11.3 Å². The van der Waals surface area contributed by atoms with Crippen molar-refractivity contribution in [3.8, 4) is 11.3 Å². The normalized spacial score (nSPS) is 21.5. The number of hydrogen-bond acceptors (Lipinski definition) is 4. The van der Waals surface area contributed by atoms with Gasteiger partial charge in [-0.25, -0.2) is 0 Å². The van der Waals surface area contributed by atoms with E-state index in [9.17, 15) is 9.90 Å². The van der Waals surface area contributed by atoms with Crippen molar-refractivity contribution in [2.45, 2.75) is 44.8 Å². The fourth-order valence-electron chi connectivity index (χ4n) is 2.86. The molecule has 1 aliphatic rings. The van der Waals surface area contributed by atoms with Crippen LogP contribution in [0.5, 0.6) is 0 Å². The van der Waals surface area contributed by atoms with E-state index in [2.05, 4.69) is 15.7 Å². The molecule has 1 amide bonds. The van der Waals surface area contributed by atoms with Crippen LogP contribution < -0.4 is 5.32 Å². The van der Waals surface area contributed by atoms with Crippen LogP contribution in [0.1, 0.15) is 41.7 Å². The molecule has 116 valence electrons. The van der Waals surface area contributed by atoms with Crippen LogP contribution in [-0.4, -0.2) is 28.1 Å². The van der Waals surface area contributed by atoms with Gasteiger partial charge in [0, 0.05) is 17.0 Å². The third-order valence-electron chi connectivity index (χ3n) is 4.18. The van der Waals surface area contributed by atoms with E-state index < -0.39 is 0 Å². The van der Waals surface area contributed by atoms with E-state index in [0.29, 0.717) is 5.56 Å². The maximum Gasteiger partial charge on any atom is 0.253 e. The maximum atomic E-state index is 12.4. The highest BCUT2D eigenvalue weighted by molar-refractivity contribution is 7.08. The van der Waals surface area contributed by atoms with Gasteiger partial charge in [-0.1, -0.05) is 0 Å². The Balaban J connectivity index is 1.70. The van der Waals surface area contributed by atoms with Crippen LogP contribution in [0.25, 0.3) is 11.3 Å². The topological polar surface area (TPSA) is 62.2 Å². The number of aryl methyl sites for hydroxylation is 1. The number of pyridine rings is 1. The second-order valence-electron chi connectivity index (χ2n) is 5.82. The molecule has 1 aliphatic carbocycles. The molecule has 2 heterocycles. The maximum absolute atomic E-state index is 12.4. The minimum absolute atomic E-state index is 0.0664. The highest BCUT2D eigenvalue weighted by Crippen LogP contribution is 2.22. The number of amides is 1.